The van der Waals surface area contributed by atoms with Crippen LogP contribution in [-0.4, -0.2) is 46.3 Å². The lowest BCUT2D eigenvalue weighted by atomic mass is 9.88. The van der Waals surface area contributed by atoms with Gasteiger partial charge in [0, 0.05) is 17.9 Å². The van der Waals surface area contributed by atoms with Gasteiger partial charge < -0.3 is 16.0 Å². The van der Waals surface area contributed by atoms with Gasteiger partial charge in [0.05, 0.1) is 5.92 Å². The van der Waals surface area contributed by atoms with E-state index in [0.717, 1.165) is 31.2 Å². The monoisotopic (exact) mass is 545 g/mol. The SMILES string of the molecule is CC(C)n1nccc1C(=O)N[C@H](C(=O)Nc1ccc2c(c1)CC[C@H]2C(=O)NCC(F)(F)F)C(C1CC1)C1CC1. The van der Waals surface area contributed by atoms with E-state index in [9.17, 15) is 27.6 Å². The van der Waals surface area contributed by atoms with Crippen molar-refractivity contribution in [3.63, 3.8) is 0 Å². The van der Waals surface area contributed by atoms with E-state index in [1.54, 1.807) is 35.1 Å². The van der Waals surface area contributed by atoms with Crippen LogP contribution >= 0.6 is 0 Å². The summed E-state index contributed by atoms with van der Waals surface area (Å²) in [4.78, 5) is 39.3. The second-order valence-corrected chi connectivity index (χ2v) is 11.3. The lowest BCUT2D eigenvalue weighted by Crippen LogP contribution is -2.50. The largest absolute Gasteiger partial charge is 0.405 e. The van der Waals surface area contributed by atoms with E-state index in [0.29, 0.717) is 41.6 Å². The number of amides is 3. The van der Waals surface area contributed by atoms with Crippen molar-refractivity contribution in [2.75, 3.05) is 11.9 Å². The molecule has 210 valence electrons. The summed E-state index contributed by atoms with van der Waals surface area (Å²) in [6, 6.07) is 6.07. The number of alkyl halides is 3. The van der Waals surface area contributed by atoms with Crippen molar-refractivity contribution < 1.29 is 27.6 Å². The van der Waals surface area contributed by atoms with Crippen LogP contribution in [0.15, 0.2) is 30.5 Å². The van der Waals surface area contributed by atoms with Gasteiger partial charge in [-0.1, -0.05) is 6.07 Å². The zero-order valence-electron chi connectivity index (χ0n) is 22.1. The number of carbonyl (C=O) groups is 3. The van der Waals surface area contributed by atoms with Gasteiger partial charge in [-0.25, -0.2) is 0 Å². The predicted molar refractivity (Wildman–Crippen MR) is 138 cm³/mol. The number of aromatic nitrogens is 2. The van der Waals surface area contributed by atoms with Gasteiger partial charge in [-0.15, -0.1) is 0 Å². The number of carbonyl (C=O) groups excluding carboxylic acids is 3. The number of hydrogen-bond donors (Lipinski definition) is 3. The van der Waals surface area contributed by atoms with Gasteiger partial charge in [0.25, 0.3) is 5.91 Å². The van der Waals surface area contributed by atoms with Gasteiger partial charge in [-0.05, 0) is 99.5 Å². The van der Waals surface area contributed by atoms with Crippen molar-refractivity contribution in [3.05, 3.63) is 47.3 Å². The molecule has 0 saturated heterocycles. The molecular weight excluding hydrogens is 511 g/mol. The molecule has 3 aliphatic carbocycles. The molecule has 2 atom stereocenters. The smallest absolute Gasteiger partial charge is 0.346 e. The molecule has 0 spiro atoms. The molecule has 11 heteroatoms. The first kappa shape index (κ1) is 27.2. The Morgan fingerprint density at radius 2 is 1.74 bits per heavy atom. The molecule has 0 radical (unpaired) electrons. The van der Waals surface area contributed by atoms with Crippen LogP contribution in [0, 0.1) is 17.8 Å². The van der Waals surface area contributed by atoms with Crippen LogP contribution in [0.25, 0.3) is 0 Å². The lowest BCUT2D eigenvalue weighted by molar-refractivity contribution is -0.139. The fraction of sp³-hybridized carbons (Fsp3) is 0.571. The number of halogens is 3. The van der Waals surface area contributed by atoms with Crippen LogP contribution in [0.4, 0.5) is 18.9 Å². The molecule has 1 aromatic heterocycles. The van der Waals surface area contributed by atoms with Crippen molar-refractivity contribution in [3.8, 4) is 0 Å². The predicted octanol–water partition coefficient (Wildman–Crippen LogP) is 4.35. The third-order valence-electron chi connectivity index (χ3n) is 7.95. The van der Waals surface area contributed by atoms with Crippen LogP contribution in [0.2, 0.25) is 0 Å². The van der Waals surface area contributed by atoms with E-state index in [1.807, 2.05) is 19.2 Å². The number of benzene rings is 1. The minimum atomic E-state index is -4.47. The summed E-state index contributed by atoms with van der Waals surface area (Å²) in [6.45, 7) is 2.51. The van der Waals surface area contributed by atoms with Crippen LogP contribution in [0.5, 0.6) is 0 Å². The summed E-state index contributed by atoms with van der Waals surface area (Å²) in [5.41, 5.74) is 2.43. The minimum absolute atomic E-state index is 0.0125. The zero-order valence-corrected chi connectivity index (χ0v) is 22.1. The number of nitrogens with one attached hydrogen (secondary N) is 3. The summed E-state index contributed by atoms with van der Waals surface area (Å²) in [5.74, 6) is -1.07. The Morgan fingerprint density at radius 3 is 2.36 bits per heavy atom. The van der Waals surface area contributed by atoms with Gasteiger partial charge >= 0.3 is 6.18 Å². The average molecular weight is 546 g/mol. The van der Waals surface area contributed by atoms with Gasteiger partial charge in [-0.3, -0.25) is 19.1 Å². The Bertz CT molecular complexity index is 1240. The molecule has 8 nitrogen and oxygen atoms in total. The highest BCUT2D eigenvalue weighted by Crippen LogP contribution is 2.51. The molecule has 0 unspecified atom stereocenters. The zero-order chi connectivity index (χ0) is 27.9. The van der Waals surface area contributed by atoms with E-state index in [-0.39, 0.29) is 23.8 Å². The summed E-state index contributed by atoms with van der Waals surface area (Å²) in [6.07, 6.45) is 2.21. The molecule has 1 heterocycles. The molecular formula is C28H34F3N5O3. The highest BCUT2D eigenvalue weighted by atomic mass is 19.4. The molecule has 2 saturated carbocycles. The fourth-order valence-electron chi connectivity index (χ4n) is 5.85. The molecule has 39 heavy (non-hydrogen) atoms. The Hall–Kier alpha value is -3.37. The maximum atomic E-state index is 13.7. The van der Waals surface area contributed by atoms with E-state index >= 15 is 0 Å². The van der Waals surface area contributed by atoms with Crippen LogP contribution in [0.1, 0.15) is 79.5 Å². The lowest BCUT2D eigenvalue weighted by Gasteiger charge is -2.28. The Balaban J connectivity index is 1.31. The van der Waals surface area contributed by atoms with Crippen molar-refractivity contribution in [2.45, 2.75) is 76.6 Å². The number of rotatable bonds is 10. The summed E-state index contributed by atoms with van der Waals surface area (Å²) >= 11 is 0. The molecule has 0 aliphatic heterocycles. The normalized spacial score (nSPS) is 19.6. The minimum Gasteiger partial charge on any atom is -0.346 e. The average Bonchev–Trinajstić information content (AvgIpc) is 3.80. The Kier molecular flexibility index (Phi) is 7.43. The number of hydrogen-bond acceptors (Lipinski definition) is 4. The van der Waals surface area contributed by atoms with E-state index in [2.05, 4.69) is 15.7 Å². The first-order chi connectivity index (χ1) is 18.5. The molecule has 2 aromatic rings. The molecule has 3 N–H and O–H groups in total. The first-order valence-corrected chi connectivity index (χ1v) is 13.6. The summed E-state index contributed by atoms with van der Waals surface area (Å²) in [7, 11) is 0. The number of nitrogens with zero attached hydrogens (tertiary/aromatic N) is 2. The second kappa shape index (κ2) is 10.7. The highest BCUT2D eigenvalue weighted by molar-refractivity contribution is 6.01. The van der Waals surface area contributed by atoms with Gasteiger partial charge in [0.15, 0.2) is 0 Å². The van der Waals surface area contributed by atoms with Crippen LogP contribution in [-0.2, 0) is 16.0 Å². The number of aryl methyl sites for hydroxylation is 1. The third-order valence-corrected chi connectivity index (χ3v) is 7.95. The maximum Gasteiger partial charge on any atom is 0.405 e. The maximum absolute atomic E-state index is 13.7. The van der Waals surface area contributed by atoms with Crippen LogP contribution < -0.4 is 16.0 Å². The third kappa shape index (κ3) is 6.28. The van der Waals surface area contributed by atoms with Crippen LogP contribution in [0.3, 0.4) is 0 Å². The standard InChI is InChI=1S/C28H34F3N5O3/c1-15(2)36-22(11-12-33-36)26(38)35-24(23(16-3-4-16)17-5-6-17)27(39)34-19-8-10-20-18(13-19)7-9-21(20)25(37)32-14-28(29,30)31/h8,10-13,15-17,21,23-24H,3-7,9,14H2,1-2H3,(H,32,37)(H,34,39)(H,35,38)/t21-,24+/m1/s1. The second-order valence-electron chi connectivity index (χ2n) is 11.3. The van der Waals surface area contributed by atoms with E-state index < -0.39 is 30.6 Å². The quantitative estimate of drug-likeness (QED) is 0.413. The fourth-order valence-corrected chi connectivity index (χ4v) is 5.85. The molecule has 1 aromatic carbocycles. The molecule has 5 rings (SSSR count). The van der Waals surface area contributed by atoms with Crippen molar-refractivity contribution in [2.24, 2.45) is 17.8 Å². The molecule has 3 aliphatic rings. The van der Waals surface area contributed by atoms with Gasteiger partial charge in [-0.2, -0.15) is 18.3 Å². The van der Waals surface area contributed by atoms with Crippen molar-refractivity contribution >= 4 is 23.4 Å². The Morgan fingerprint density at radius 1 is 1.05 bits per heavy atom. The topological polar surface area (TPSA) is 105 Å². The van der Waals surface area contributed by atoms with Gasteiger partial charge in [0.2, 0.25) is 11.8 Å². The van der Waals surface area contributed by atoms with Gasteiger partial charge in [0.1, 0.15) is 18.3 Å². The Labute approximate surface area is 225 Å². The highest BCUT2D eigenvalue weighted by Gasteiger charge is 2.48. The molecule has 3 amide bonds. The number of fused-ring (bicyclic) bond motifs is 1. The van der Waals surface area contributed by atoms with Crippen molar-refractivity contribution in [1.82, 2.24) is 20.4 Å². The summed E-state index contributed by atoms with van der Waals surface area (Å²) in [5, 5.41) is 12.2. The first-order valence-electron chi connectivity index (χ1n) is 13.6. The number of anilines is 1. The van der Waals surface area contributed by atoms with Crippen molar-refractivity contribution in [1.29, 1.82) is 0 Å². The summed E-state index contributed by atoms with van der Waals surface area (Å²) < 4.78 is 39.2. The van der Waals surface area contributed by atoms with E-state index in [4.69, 9.17) is 0 Å². The van der Waals surface area contributed by atoms with E-state index in [1.165, 1.54) is 0 Å². The molecule has 0 bridgehead atoms. The molecule has 2 fully saturated rings.